The van der Waals surface area contributed by atoms with Gasteiger partial charge in [0, 0.05) is 10.0 Å². The number of hydrogen-bond acceptors (Lipinski definition) is 2. The first kappa shape index (κ1) is 12.6. The number of benzene rings is 2. The van der Waals surface area contributed by atoms with Crippen LogP contribution in [0.4, 0.5) is 14.5 Å². The molecule has 0 bridgehead atoms. The lowest BCUT2D eigenvalue weighted by Gasteiger charge is -2.06. The van der Waals surface area contributed by atoms with Gasteiger partial charge in [-0.1, -0.05) is 22.0 Å². The lowest BCUT2D eigenvalue weighted by molar-refractivity contribution is -0.386. The third-order valence-corrected chi connectivity index (χ3v) is 3.08. The summed E-state index contributed by atoms with van der Waals surface area (Å²) in [5, 5.41) is 10.9. The zero-order chi connectivity index (χ0) is 13.3. The summed E-state index contributed by atoms with van der Waals surface area (Å²) in [7, 11) is 0. The van der Waals surface area contributed by atoms with Crippen LogP contribution in [-0.2, 0) is 0 Å². The van der Waals surface area contributed by atoms with Crippen LogP contribution in [0, 0.1) is 21.7 Å². The highest BCUT2D eigenvalue weighted by Gasteiger charge is 2.22. The minimum Gasteiger partial charge on any atom is -0.258 e. The second-order valence-corrected chi connectivity index (χ2v) is 4.37. The Morgan fingerprint density at radius 1 is 1.11 bits per heavy atom. The van der Waals surface area contributed by atoms with E-state index in [2.05, 4.69) is 15.9 Å². The molecule has 3 nitrogen and oxygen atoms in total. The first-order valence-corrected chi connectivity index (χ1v) is 5.68. The fourth-order valence-electron chi connectivity index (χ4n) is 1.62. The molecule has 2 aromatic rings. The highest BCUT2D eigenvalue weighted by atomic mass is 79.9. The summed E-state index contributed by atoms with van der Waals surface area (Å²) in [6.45, 7) is 0. The molecule has 0 unspecified atom stereocenters. The number of hydrogen-bond donors (Lipinski definition) is 0. The molecule has 6 heteroatoms. The van der Waals surface area contributed by atoms with E-state index < -0.39 is 22.2 Å². The standard InChI is InChI=1S/C12H6BrF2NO2/c13-10-5-4-7(14)6-9(10)8-2-1-3-11(15)12(8)16(17)18/h1-6H. The van der Waals surface area contributed by atoms with Crippen molar-refractivity contribution in [3.05, 3.63) is 62.6 Å². The minimum absolute atomic E-state index is 0.0337. The molecule has 0 fully saturated rings. The van der Waals surface area contributed by atoms with Gasteiger partial charge >= 0.3 is 5.69 Å². The summed E-state index contributed by atoms with van der Waals surface area (Å²) in [6, 6.07) is 7.45. The molecule has 0 spiro atoms. The first-order chi connectivity index (χ1) is 8.50. The Hall–Kier alpha value is -1.82. The second-order valence-electron chi connectivity index (χ2n) is 3.52. The zero-order valence-electron chi connectivity index (χ0n) is 8.86. The Morgan fingerprint density at radius 2 is 1.83 bits per heavy atom. The van der Waals surface area contributed by atoms with Gasteiger partial charge in [0.05, 0.1) is 10.5 Å². The Labute approximate surface area is 109 Å². The predicted octanol–water partition coefficient (Wildman–Crippen LogP) is 4.30. The molecule has 0 saturated carbocycles. The van der Waals surface area contributed by atoms with E-state index in [0.717, 1.165) is 12.1 Å². The van der Waals surface area contributed by atoms with Crippen molar-refractivity contribution in [2.24, 2.45) is 0 Å². The lowest BCUT2D eigenvalue weighted by Crippen LogP contribution is -1.96. The van der Waals surface area contributed by atoms with Crippen LogP contribution in [0.5, 0.6) is 0 Å². The minimum atomic E-state index is -0.950. The van der Waals surface area contributed by atoms with E-state index in [9.17, 15) is 18.9 Å². The first-order valence-electron chi connectivity index (χ1n) is 4.89. The molecule has 2 rings (SSSR count). The van der Waals surface area contributed by atoms with E-state index in [1.165, 1.54) is 24.3 Å². The van der Waals surface area contributed by atoms with Gasteiger partial charge in [-0.05, 0) is 30.3 Å². The van der Waals surface area contributed by atoms with Gasteiger partial charge in [0.1, 0.15) is 5.82 Å². The Kier molecular flexibility index (Phi) is 3.38. The highest BCUT2D eigenvalue weighted by Crippen LogP contribution is 2.36. The average molecular weight is 314 g/mol. The molecule has 0 heterocycles. The summed E-state index contributed by atoms with van der Waals surface area (Å²) in [6.07, 6.45) is 0. The van der Waals surface area contributed by atoms with Crippen LogP contribution in [0.1, 0.15) is 0 Å². The molecular formula is C12H6BrF2NO2. The molecule has 0 aliphatic rings. The number of rotatable bonds is 2. The lowest BCUT2D eigenvalue weighted by atomic mass is 10.0. The van der Waals surface area contributed by atoms with Gasteiger partial charge in [-0.15, -0.1) is 0 Å². The summed E-state index contributed by atoms with van der Waals surface area (Å²) in [4.78, 5) is 10.1. The van der Waals surface area contributed by atoms with Gasteiger partial charge in [0.15, 0.2) is 0 Å². The molecule has 0 saturated heterocycles. The van der Waals surface area contributed by atoms with E-state index >= 15 is 0 Å². The van der Waals surface area contributed by atoms with Crippen LogP contribution in [0.15, 0.2) is 40.9 Å². The van der Waals surface area contributed by atoms with Crippen molar-refractivity contribution < 1.29 is 13.7 Å². The normalized spacial score (nSPS) is 10.4. The fourth-order valence-corrected chi connectivity index (χ4v) is 2.08. The van der Waals surface area contributed by atoms with Crippen molar-refractivity contribution in [1.82, 2.24) is 0 Å². The molecule has 18 heavy (non-hydrogen) atoms. The summed E-state index contributed by atoms with van der Waals surface area (Å²) in [5.74, 6) is -1.50. The monoisotopic (exact) mass is 313 g/mol. The van der Waals surface area contributed by atoms with Crippen LogP contribution in [0.3, 0.4) is 0 Å². The van der Waals surface area contributed by atoms with E-state index in [1.54, 1.807) is 0 Å². The van der Waals surface area contributed by atoms with Gasteiger partial charge in [-0.2, -0.15) is 4.39 Å². The van der Waals surface area contributed by atoms with Crippen LogP contribution < -0.4 is 0 Å². The van der Waals surface area contributed by atoms with Crippen molar-refractivity contribution in [2.75, 3.05) is 0 Å². The Morgan fingerprint density at radius 3 is 2.50 bits per heavy atom. The molecule has 0 radical (unpaired) electrons. The summed E-state index contributed by atoms with van der Waals surface area (Å²) in [5.41, 5.74) is -0.392. The van der Waals surface area contributed by atoms with Crippen molar-refractivity contribution in [3.8, 4) is 11.1 Å². The highest BCUT2D eigenvalue weighted by molar-refractivity contribution is 9.10. The molecule has 2 aromatic carbocycles. The van der Waals surface area contributed by atoms with E-state index in [0.29, 0.717) is 4.47 Å². The molecule has 0 N–H and O–H groups in total. The third kappa shape index (κ3) is 2.24. The predicted molar refractivity (Wildman–Crippen MR) is 66.1 cm³/mol. The number of nitro benzene ring substituents is 1. The third-order valence-electron chi connectivity index (χ3n) is 2.39. The quantitative estimate of drug-likeness (QED) is 0.612. The molecule has 0 atom stereocenters. The van der Waals surface area contributed by atoms with E-state index in [1.807, 2.05) is 0 Å². The molecule has 92 valence electrons. The van der Waals surface area contributed by atoms with Crippen LogP contribution in [-0.4, -0.2) is 4.92 Å². The maximum Gasteiger partial charge on any atom is 0.312 e. The molecule has 0 aliphatic heterocycles. The van der Waals surface area contributed by atoms with Crippen LogP contribution >= 0.6 is 15.9 Å². The Bertz CT molecular complexity index is 631. The van der Waals surface area contributed by atoms with Crippen molar-refractivity contribution in [1.29, 1.82) is 0 Å². The topological polar surface area (TPSA) is 43.1 Å². The van der Waals surface area contributed by atoms with Crippen molar-refractivity contribution in [2.45, 2.75) is 0 Å². The van der Waals surface area contributed by atoms with E-state index in [-0.39, 0.29) is 11.1 Å². The largest absolute Gasteiger partial charge is 0.312 e. The number of nitrogens with zero attached hydrogens (tertiary/aromatic N) is 1. The van der Waals surface area contributed by atoms with Gasteiger partial charge in [-0.25, -0.2) is 4.39 Å². The van der Waals surface area contributed by atoms with Gasteiger partial charge in [-0.3, -0.25) is 10.1 Å². The number of nitro groups is 1. The molecule has 0 aromatic heterocycles. The summed E-state index contributed by atoms with van der Waals surface area (Å²) < 4.78 is 27.1. The van der Waals surface area contributed by atoms with Crippen LogP contribution in [0.2, 0.25) is 0 Å². The summed E-state index contributed by atoms with van der Waals surface area (Å²) >= 11 is 3.16. The van der Waals surface area contributed by atoms with Gasteiger partial charge in [0.2, 0.25) is 5.82 Å². The molecular weight excluding hydrogens is 308 g/mol. The maximum atomic E-state index is 13.5. The fraction of sp³-hybridized carbons (Fsp3) is 0. The van der Waals surface area contributed by atoms with Crippen molar-refractivity contribution in [3.63, 3.8) is 0 Å². The van der Waals surface area contributed by atoms with Gasteiger partial charge in [0.25, 0.3) is 0 Å². The SMILES string of the molecule is O=[N+]([O-])c1c(F)cccc1-c1cc(F)ccc1Br. The average Bonchev–Trinajstić information content (AvgIpc) is 2.31. The van der Waals surface area contributed by atoms with Crippen molar-refractivity contribution >= 4 is 21.6 Å². The van der Waals surface area contributed by atoms with E-state index in [4.69, 9.17) is 0 Å². The molecule has 0 amide bonds. The zero-order valence-corrected chi connectivity index (χ0v) is 10.4. The van der Waals surface area contributed by atoms with Crippen LogP contribution in [0.25, 0.3) is 11.1 Å². The second kappa shape index (κ2) is 4.81. The van der Waals surface area contributed by atoms with Gasteiger partial charge < -0.3 is 0 Å². The molecule has 0 aliphatic carbocycles. The number of halogens is 3. The Balaban J connectivity index is 2.75. The maximum absolute atomic E-state index is 13.5. The smallest absolute Gasteiger partial charge is 0.258 e. The number of para-hydroxylation sites is 1.